The molecule has 0 aliphatic rings. The topological polar surface area (TPSA) is 121 Å². The van der Waals surface area contributed by atoms with Gasteiger partial charge in [-0.3, -0.25) is 0 Å². The Morgan fingerprint density at radius 1 is 0.676 bits per heavy atom. The van der Waals surface area contributed by atoms with Gasteiger partial charge in [-0.05, 0) is 0 Å². The fraction of sp³-hybridized carbons (Fsp3) is 0.148. The Labute approximate surface area is 214 Å². The van der Waals surface area contributed by atoms with E-state index in [2.05, 4.69) is 36.1 Å². The first kappa shape index (κ1) is 24.9. The lowest BCUT2D eigenvalue weighted by Gasteiger charge is -2.15. The summed E-state index contributed by atoms with van der Waals surface area (Å²) in [5.41, 5.74) is 3.13. The number of hydrogen-bond donors (Lipinski definition) is 0. The highest BCUT2D eigenvalue weighted by Gasteiger charge is 2.15. The second-order valence-corrected chi connectivity index (χ2v) is 8.25. The van der Waals surface area contributed by atoms with Crippen LogP contribution in [0.1, 0.15) is 5.56 Å². The van der Waals surface area contributed by atoms with E-state index in [9.17, 15) is 0 Å². The smallest absolute Gasteiger partial charge is 0.214 e. The van der Waals surface area contributed by atoms with E-state index in [1.807, 2.05) is 98.7 Å². The van der Waals surface area contributed by atoms with Gasteiger partial charge in [0, 0.05) is 45.5 Å². The molecule has 0 spiro atoms. The average Bonchev–Trinajstić information content (AvgIpc) is 3.48. The first-order valence-corrected chi connectivity index (χ1v) is 11.3. The third kappa shape index (κ3) is 5.91. The standard InChI is InChI=1S/C14H13N5O.C13H12N4/c1-19(2)14-11(13-16-9-20-18-13)8-15-12(17-14)10-6-4-3-5-7-10;1-17(2)13-11(8-14)9-15-12(16-13)10-6-4-3-5-7-10/h3-9H,1-2H3;3-7,9H,1-2H3. The number of benzene rings is 2. The molecule has 5 aromatic rings. The molecule has 10 nitrogen and oxygen atoms in total. The molecule has 0 bridgehead atoms. The zero-order chi connectivity index (χ0) is 26.2. The van der Waals surface area contributed by atoms with E-state index in [-0.39, 0.29) is 0 Å². The van der Waals surface area contributed by atoms with Crippen LogP contribution in [0.2, 0.25) is 0 Å². The third-order valence-corrected chi connectivity index (χ3v) is 5.17. The highest BCUT2D eigenvalue weighted by Crippen LogP contribution is 2.27. The second kappa shape index (κ2) is 11.5. The summed E-state index contributed by atoms with van der Waals surface area (Å²) in [5, 5.41) is 12.8. The van der Waals surface area contributed by atoms with E-state index >= 15 is 0 Å². The molecule has 0 fully saturated rings. The molecule has 3 heterocycles. The predicted octanol–water partition coefficient (Wildman–Crippen LogP) is 4.34. The molecule has 0 amide bonds. The predicted molar refractivity (Wildman–Crippen MR) is 142 cm³/mol. The Kier molecular flexibility index (Phi) is 7.75. The molecule has 10 heteroatoms. The van der Waals surface area contributed by atoms with Crippen molar-refractivity contribution in [3.8, 4) is 40.2 Å². The maximum atomic E-state index is 8.97. The first-order valence-electron chi connectivity index (χ1n) is 11.3. The summed E-state index contributed by atoms with van der Waals surface area (Å²) in [5.74, 6) is 3.17. The van der Waals surface area contributed by atoms with Crippen molar-refractivity contribution in [3.63, 3.8) is 0 Å². The number of anilines is 2. The largest absolute Gasteiger partial charge is 0.362 e. The Morgan fingerprint density at radius 3 is 1.70 bits per heavy atom. The molecule has 37 heavy (non-hydrogen) atoms. The van der Waals surface area contributed by atoms with E-state index < -0.39 is 0 Å². The molecule has 0 aliphatic heterocycles. The Hall–Kier alpha value is -5.17. The maximum absolute atomic E-state index is 8.97. The summed E-state index contributed by atoms with van der Waals surface area (Å²) < 4.78 is 4.78. The molecule has 2 aromatic carbocycles. The molecule has 0 atom stereocenters. The molecule has 0 saturated carbocycles. The number of nitrogens with zero attached hydrogens (tertiary/aromatic N) is 9. The molecule has 5 rings (SSSR count). The van der Waals surface area contributed by atoms with E-state index in [1.165, 1.54) is 6.39 Å². The van der Waals surface area contributed by atoms with E-state index in [1.54, 1.807) is 12.4 Å². The van der Waals surface area contributed by atoms with Gasteiger partial charge in [0.25, 0.3) is 0 Å². The molecule has 184 valence electrons. The third-order valence-electron chi connectivity index (χ3n) is 5.17. The number of aromatic nitrogens is 6. The molecule has 0 radical (unpaired) electrons. The van der Waals surface area contributed by atoms with Gasteiger partial charge in [-0.1, -0.05) is 65.8 Å². The van der Waals surface area contributed by atoms with Gasteiger partial charge in [-0.2, -0.15) is 10.2 Å². The minimum atomic E-state index is 0.480. The zero-order valence-corrected chi connectivity index (χ0v) is 20.9. The van der Waals surface area contributed by atoms with Gasteiger partial charge in [-0.25, -0.2) is 19.9 Å². The number of rotatable bonds is 5. The minimum absolute atomic E-state index is 0.480. The second-order valence-electron chi connectivity index (χ2n) is 8.25. The van der Waals surface area contributed by atoms with Crippen LogP contribution in [-0.4, -0.2) is 58.3 Å². The highest BCUT2D eigenvalue weighted by atomic mass is 16.5. The van der Waals surface area contributed by atoms with Crippen molar-refractivity contribution in [2.75, 3.05) is 38.0 Å². The molecule has 3 aromatic heterocycles. The van der Waals surface area contributed by atoms with Gasteiger partial charge >= 0.3 is 0 Å². The average molecular weight is 492 g/mol. The maximum Gasteiger partial charge on any atom is 0.214 e. The summed E-state index contributed by atoms with van der Waals surface area (Å²) in [7, 11) is 7.55. The molecular formula is C27H25N9O. The molecule has 0 aliphatic carbocycles. The van der Waals surface area contributed by atoms with E-state index in [4.69, 9.17) is 9.78 Å². The van der Waals surface area contributed by atoms with Crippen LogP contribution in [0, 0.1) is 11.3 Å². The van der Waals surface area contributed by atoms with Gasteiger partial charge in [0.05, 0.1) is 11.8 Å². The summed E-state index contributed by atoms with van der Waals surface area (Å²) in [6.45, 7) is 0. The Bertz CT molecular complexity index is 1480. The zero-order valence-electron chi connectivity index (χ0n) is 20.9. The van der Waals surface area contributed by atoms with Crippen LogP contribution in [0.4, 0.5) is 11.6 Å². The lowest BCUT2D eigenvalue weighted by Crippen LogP contribution is -2.13. The van der Waals surface area contributed by atoms with Crippen LogP contribution in [0.3, 0.4) is 0 Å². The van der Waals surface area contributed by atoms with Gasteiger partial charge in [0.1, 0.15) is 23.3 Å². The quantitative estimate of drug-likeness (QED) is 0.351. The molecule has 0 saturated heterocycles. The fourth-order valence-corrected chi connectivity index (χ4v) is 3.41. The van der Waals surface area contributed by atoms with Crippen LogP contribution in [-0.2, 0) is 0 Å². The van der Waals surface area contributed by atoms with Gasteiger partial charge in [0.15, 0.2) is 11.6 Å². The Balaban J connectivity index is 0.000000176. The van der Waals surface area contributed by atoms with Crippen molar-refractivity contribution in [2.24, 2.45) is 0 Å². The van der Waals surface area contributed by atoms with E-state index in [0.29, 0.717) is 28.9 Å². The van der Waals surface area contributed by atoms with Gasteiger partial charge in [-0.15, -0.1) is 0 Å². The van der Waals surface area contributed by atoms with Crippen molar-refractivity contribution in [2.45, 2.75) is 0 Å². The van der Waals surface area contributed by atoms with Crippen LogP contribution >= 0.6 is 0 Å². The summed E-state index contributed by atoms with van der Waals surface area (Å²) in [4.78, 5) is 25.4. The minimum Gasteiger partial charge on any atom is -0.362 e. The van der Waals surface area contributed by atoms with Crippen molar-refractivity contribution in [3.05, 3.63) is 85.0 Å². The van der Waals surface area contributed by atoms with Crippen LogP contribution < -0.4 is 9.80 Å². The van der Waals surface area contributed by atoms with Gasteiger partial charge in [0.2, 0.25) is 12.2 Å². The lowest BCUT2D eigenvalue weighted by atomic mass is 10.2. The number of hydrogen-bond acceptors (Lipinski definition) is 10. The van der Waals surface area contributed by atoms with Crippen molar-refractivity contribution >= 4 is 11.6 Å². The summed E-state index contributed by atoms with van der Waals surface area (Å²) in [6, 6.07) is 21.6. The van der Waals surface area contributed by atoms with Gasteiger partial charge < -0.3 is 14.3 Å². The van der Waals surface area contributed by atoms with Crippen LogP contribution in [0.25, 0.3) is 34.2 Å². The molecular weight excluding hydrogens is 466 g/mol. The lowest BCUT2D eigenvalue weighted by molar-refractivity contribution is 0.418. The SMILES string of the molecule is CN(C)c1nc(-c2ccccc2)ncc1-c1ncon1.CN(C)c1nc(-c2ccccc2)ncc1C#N. The van der Waals surface area contributed by atoms with Crippen LogP contribution in [0.5, 0.6) is 0 Å². The van der Waals surface area contributed by atoms with Crippen LogP contribution in [0.15, 0.2) is 84.0 Å². The molecule has 0 unspecified atom stereocenters. The normalized spacial score (nSPS) is 10.1. The summed E-state index contributed by atoms with van der Waals surface area (Å²) in [6.07, 6.45) is 4.57. The Morgan fingerprint density at radius 2 is 1.22 bits per heavy atom. The van der Waals surface area contributed by atoms with Crippen molar-refractivity contribution in [1.29, 1.82) is 5.26 Å². The monoisotopic (exact) mass is 491 g/mol. The highest BCUT2D eigenvalue weighted by molar-refractivity contribution is 5.72. The first-order chi connectivity index (χ1) is 18.0. The number of nitriles is 1. The van der Waals surface area contributed by atoms with E-state index in [0.717, 1.165) is 22.5 Å². The van der Waals surface area contributed by atoms with Crippen molar-refractivity contribution in [1.82, 2.24) is 30.1 Å². The summed E-state index contributed by atoms with van der Waals surface area (Å²) >= 11 is 0. The molecule has 0 N–H and O–H groups in total. The van der Waals surface area contributed by atoms with Crippen molar-refractivity contribution < 1.29 is 4.52 Å². The fourth-order valence-electron chi connectivity index (χ4n) is 3.41.